The number of nitrogens with zero attached hydrogens (tertiary/aromatic N) is 2. The summed E-state index contributed by atoms with van der Waals surface area (Å²) in [5, 5.41) is 7.12. The van der Waals surface area contributed by atoms with Crippen molar-refractivity contribution in [2.24, 2.45) is 5.92 Å². The molecule has 2 aromatic heterocycles. The first kappa shape index (κ1) is 22.1. The largest absolute Gasteiger partial charge is 0.490 e. The summed E-state index contributed by atoms with van der Waals surface area (Å²) in [6, 6.07) is 7.89. The van der Waals surface area contributed by atoms with Crippen molar-refractivity contribution in [3.8, 4) is 0 Å². The second kappa shape index (κ2) is 9.07. The lowest BCUT2D eigenvalue weighted by atomic mass is 10.1. The third-order valence-corrected chi connectivity index (χ3v) is 5.31. The molecule has 0 atom stereocenters. The number of fused-ring (bicyclic) bond motifs is 1. The van der Waals surface area contributed by atoms with Crippen molar-refractivity contribution in [1.82, 2.24) is 9.47 Å². The van der Waals surface area contributed by atoms with Gasteiger partial charge in [-0.25, -0.2) is 4.79 Å². The summed E-state index contributed by atoms with van der Waals surface area (Å²) in [4.78, 5) is 23.6. The van der Waals surface area contributed by atoms with Crippen molar-refractivity contribution < 1.29 is 27.5 Å². The molecule has 0 unspecified atom stereocenters. The number of halogens is 3. The van der Waals surface area contributed by atoms with Crippen molar-refractivity contribution in [1.29, 1.82) is 0 Å². The fourth-order valence-electron chi connectivity index (χ4n) is 3.55. The molecule has 1 aliphatic heterocycles. The van der Waals surface area contributed by atoms with E-state index in [0.717, 1.165) is 56.5 Å². The van der Waals surface area contributed by atoms with Crippen molar-refractivity contribution in [2.75, 3.05) is 13.1 Å². The maximum atomic E-state index is 12.3. The molecule has 0 spiro atoms. The van der Waals surface area contributed by atoms with Gasteiger partial charge in [0, 0.05) is 37.8 Å². The molecule has 0 saturated heterocycles. The molecule has 1 aliphatic carbocycles. The Kier molecular flexibility index (Phi) is 6.70. The number of pyridine rings is 1. The van der Waals surface area contributed by atoms with Gasteiger partial charge in [-0.3, -0.25) is 9.69 Å². The number of carboxylic acid groups (broad SMARTS) is 1. The van der Waals surface area contributed by atoms with Crippen LogP contribution in [0.25, 0.3) is 0 Å². The van der Waals surface area contributed by atoms with Crippen LogP contribution in [0.1, 0.15) is 35.6 Å². The Morgan fingerprint density at radius 2 is 1.83 bits per heavy atom. The van der Waals surface area contributed by atoms with Crippen LogP contribution in [0.5, 0.6) is 0 Å². The molecule has 164 valence electrons. The fraction of sp³-hybridized carbons (Fsp3) is 0.524. The topological polar surface area (TPSA) is 75.7 Å². The molecule has 1 fully saturated rings. The van der Waals surface area contributed by atoms with E-state index < -0.39 is 12.1 Å². The number of alkyl halides is 3. The van der Waals surface area contributed by atoms with E-state index in [0.29, 0.717) is 0 Å². The van der Waals surface area contributed by atoms with Crippen LogP contribution < -0.4 is 5.56 Å². The average Bonchev–Trinajstić information content (AvgIpc) is 3.43. The van der Waals surface area contributed by atoms with E-state index in [9.17, 15) is 18.0 Å². The first-order valence-electron chi connectivity index (χ1n) is 9.93. The number of hydrogen-bond acceptors (Lipinski definition) is 4. The SMILES string of the molecule is Cc1ccc(CN2CCc3ccc(=O)n(CC4CC4)c3CC2)o1.O=C(O)C(F)(F)F. The van der Waals surface area contributed by atoms with E-state index >= 15 is 0 Å². The van der Waals surface area contributed by atoms with E-state index in [1.807, 2.05) is 23.6 Å². The summed E-state index contributed by atoms with van der Waals surface area (Å²) in [6.45, 7) is 5.77. The molecule has 30 heavy (non-hydrogen) atoms. The van der Waals surface area contributed by atoms with E-state index in [4.69, 9.17) is 14.3 Å². The maximum Gasteiger partial charge on any atom is 0.490 e. The van der Waals surface area contributed by atoms with Crippen LogP contribution in [0.2, 0.25) is 0 Å². The Morgan fingerprint density at radius 1 is 1.17 bits per heavy atom. The summed E-state index contributed by atoms with van der Waals surface area (Å²) in [5.41, 5.74) is 2.79. The molecule has 1 N–H and O–H groups in total. The lowest BCUT2D eigenvalue weighted by molar-refractivity contribution is -0.192. The quantitative estimate of drug-likeness (QED) is 0.811. The zero-order valence-electron chi connectivity index (χ0n) is 16.7. The van der Waals surface area contributed by atoms with Crippen LogP contribution in [-0.4, -0.2) is 39.8 Å². The Balaban J connectivity index is 0.000000318. The minimum atomic E-state index is -5.08. The first-order chi connectivity index (χ1) is 14.1. The smallest absolute Gasteiger partial charge is 0.475 e. The molecule has 6 nitrogen and oxygen atoms in total. The normalized spacial score (nSPS) is 16.9. The number of carboxylic acids is 1. The number of rotatable bonds is 4. The number of carbonyl (C=O) groups is 1. The predicted octanol–water partition coefficient (Wildman–Crippen LogP) is 3.39. The van der Waals surface area contributed by atoms with Gasteiger partial charge in [0.1, 0.15) is 11.5 Å². The van der Waals surface area contributed by atoms with Crippen LogP contribution in [-0.2, 0) is 30.7 Å². The Bertz CT molecular complexity index is 944. The summed E-state index contributed by atoms with van der Waals surface area (Å²) in [6.07, 6.45) is -0.558. The molecule has 9 heteroatoms. The van der Waals surface area contributed by atoms with Crippen LogP contribution in [0, 0.1) is 12.8 Å². The van der Waals surface area contributed by atoms with Crippen LogP contribution >= 0.6 is 0 Å². The Hall–Kier alpha value is -2.55. The molecule has 0 radical (unpaired) electrons. The summed E-state index contributed by atoms with van der Waals surface area (Å²) in [5.74, 6) is -0.0302. The molecule has 2 aliphatic rings. The Labute approximate surface area is 171 Å². The highest BCUT2D eigenvalue weighted by molar-refractivity contribution is 5.73. The highest BCUT2D eigenvalue weighted by Gasteiger charge is 2.38. The fourth-order valence-corrected chi connectivity index (χ4v) is 3.55. The lowest BCUT2D eigenvalue weighted by Crippen LogP contribution is -2.27. The number of aromatic nitrogens is 1. The first-order valence-corrected chi connectivity index (χ1v) is 9.93. The highest BCUT2D eigenvalue weighted by atomic mass is 19.4. The van der Waals surface area contributed by atoms with Gasteiger partial charge < -0.3 is 14.1 Å². The van der Waals surface area contributed by atoms with Gasteiger partial charge in [-0.05, 0) is 49.8 Å². The monoisotopic (exact) mass is 426 g/mol. The van der Waals surface area contributed by atoms with Gasteiger partial charge in [-0.15, -0.1) is 0 Å². The van der Waals surface area contributed by atoms with Crippen LogP contribution in [0.3, 0.4) is 0 Å². The van der Waals surface area contributed by atoms with E-state index in [2.05, 4.69) is 11.0 Å². The molecule has 0 aromatic carbocycles. The van der Waals surface area contributed by atoms with Gasteiger partial charge in [0.25, 0.3) is 5.56 Å². The van der Waals surface area contributed by atoms with E-state index in [-0.39, 0.29) is 5.56 Å². The highest BCUT2D eigenvalue weighted by Crippen LogP contribution is 2.31. The van der Waals surface area contributed by atoms with Gasteiger partial charge >= 0.3 is 12.1 Å². The maximum absolute atomic E-state index is 12.3. The number of aryl methyl sites for hydroxylation is 1. The third kappa shape index (κ3) is 5.98. The zero-order chi connectivity index (χ0) is 21.9. The van der Waals surface area contributed by atoms with Crippen LogP contribution in [0.4, 0.5) is 13.2 Å². The summed E-state index contributed by atoms with van der Waals surface area (Å²) in [7, 11) is 0. The standard InChI is InChI=1S/C19H24N2O2.C2HF3O2/c1-14-2-6-17(23-14)13-20-10-8-16-5-7-19(22)21(12-15-3-4-15)18(16)9-11-20;3-2(4,5)1(6)7/h2,5-7,15H,3-4,8-13H2,1H3;(H,6,7). The summed E-state index contributed by atoms with van der Waals surface area (Å²) < 4.78 is 39.5. The molecule has 1 saturated carbocycles. The van der Waals surface area contributed by atoms with Crippen molar-refractivity contribution in [3.63, 3.8) is 0 Å². The van der Waals surface area contributed by atoms with Gasteiger partial charge in [0.05, 0.1) is 6.54 Å². The lowest BCUT2D eigenvalue weighted by Gasteiger charge is -2.18. The van der Waals surface area contributed by atoms with Crippen LogP contribution in [0.15, 0.2) is 33.5 Å². The minimum Gasteiger partial charge on any atom is -0.475 e. The van der Waals surface area contributed by atoms with Gasteiger partial charge in [0.2, 0.25) is 0 Å². The molecule has 0 amide bonds. The van der Waals surface area contributed by atoms with Crippen molar-refractivity contribution >= 4 is 5.97 Å². The molecular weight excluding hydrogens is 401 g/mol. The molecule has 2 aromatic rings. The van der Waals surface area contributed by atoms with Crippen molar-refractivity contribution in [3.05, 3.63) is 57.4 Å². The molecular formula is C21H25F3N2O4. The average molecular weight is 426 g/mol. The summed E-state index contributed by atoms with van der Waals surface area (Å²) >= 11 is 0. The van der Waals surface area contributed by atoms with Gasteiger partial charge in [0.15, 0.2) is 0 Å². The second-order valence-corrected chi connectivity index (χ2v) is 7.79. The van der Waals surface area contributed by atoms with E-state index in [1.54, 1.807) is 6.07 Å². The molecule has 0 bridgehead atoms. The number of furan rings is 1. The second-order valence-electron chi connectivity index (χ2n) is 7.79. The predicted molar refractivity (Wildman–Crippen MR) is 103 cm³/mol. The molecule has 3 heterocycles. The zero-order valence-corrected chi connectivity index (χ0v) is 16.7. The Morgan fingerprint density at radius 3 is 2.40 bits per heavy atom. The number of hydrogen-bond donors (Lipinski definition) is 1. The van der Waals surface area contributed by atoms with Gasteiger partial charge in [-0.1, -0.05) is 6.07 Å². The van der Waals surface area contributed by atoms with Crippen molar-refractivity contribution in [2.45, 2.75) is 51.9 Å². The third-order valence-electron chi connectivity index (χ3n) is 5.31. The molecule has 4 rings (SSSR count). The van der Waals surface area contributed by atoms with E-state index in [1.165, 1.54) is 24.1 Å². The number of aliphatic carboxylic acids is 1. The van der Waals surface area contributed by atoms with Gasteiger partial charge in [-0.2, -0.15) is 13.2 Å². The minimum absolute atomic E-state index is 0.172.